The minimum absolute atomic E-state index is 0.0306. The van der Waals surface area contributed by atoms with Crippen LogP contribution in [0.5, 0.6) is 5.75 Å². The second-order valence-electron chi connectivity index (χ2n) is 18.3. The molecule has 19 heteroatoms. The Balaban J connectivity index is 0.806. The van der Waals surface area contributed by atoms with Gasteiger partial charge in [-0.1, -0.05) is 0 Å². The maximum atomic E-state index is 15.2. The average molecular weight is 915 g/mol. The summed E-state index contributed by atoms with van der Waals surface area (Å²) in [6.45, 7) is 4.99. The van der Waals surface area contributed by atoms with Crippen molar-refractivity contribution in [2.45, 2.75) is 90.0 Å². The van der Waals surface area contributed by atoms with E-state index in [9.17, 15) is 28.8 Å². The zero-order valence-corrected chi connectivity index (χ0v) is 37.1. The van der Waals surface area contributed by atoms with Crippen molar-refractivity contribution < 1.29 is 42.3 Å². The molecule has 2 aromatic carbocycles. The number of nitrogens with zero attached hydrogens (tertiary/aromatic N) is 9. The van der Waals surface area contributed by atoms with E-state index in [-0.39, 0.29) is 53.9 Å². The number of imidazole rings is 1. The Bertz CT molecular complexity index is 2910. The summed E-state index contributed by atoms with van der Waals surface area (Å²) in [5.41, 5.74) is 7.04. The lowest BCUT2D eigenvalue weighted by Gasteiger charge is -2.34. The average Bonchev–Trinajstić information content (AvgIpc) is 4.10. The summed E-state index contributed by atoms with van der Waals surface area (Å²) in [7, 11) is 1.52. The Kier molecular flexibility index (Phi) is 10.4. The molecule has 67 heavy (non-hydrogen) atoms. The molecule has 3 aromatic heterocycles. The van der Waals surface area contributed by atoms with E-state index in [4.69, 9.17) is 9.84 Å². The molecule has 6 amide bonds. The van der Waals surface area contributed by atoms with E-state index < -0.39 is 36.1 Å². The first-order valence-corrected chi connectivity index (χ1v) is 22.8. The molecule has 1 N–H and O–H groups in total. The van der Waals surface area contributed by atoms with Crippen molar-refractivity contribution in [3.63, 3.8) is 0 Å². The van der Waals surface area contributed by atoms with Crippen LogP contribution >= 0.6 is 0 Å². The monoisotopic (exact) mass is 914 g/mol. The number of carbonyl (C=O) groups excluding carboxylic acids is 6. The molecule has 11 rings (SSSR count). The molecule has 6 aliphatic heterocycles. The van der Waals surface area contributed by atoms with E-state index in [1.165, 1.54) is 7.11 Å². The molecule has 0 saturated carbocycles. The zero-order valence-electron chi connectivity index (χ0n) is 37.1. The van der Waals surface area contributed by atoms with Crippen molar-refractivity contribution in [2.75, 3.05) is 44.7 Å². The van der Waals surface area contributed by atoms with Crippen LogP contribution < -0.4 is 15.0 Å². The van der Waals surface area contributed by atoms with Crippen LogP contribution in [-0.4, -0.2) is 120 Å². The van der Waals surface area contributed by atoms with Crippen molar-refractivity contribution in [3.8, 4) is 16.9 Å². The molecular formula is C48H48F2N10O7. The zero-order chi connectivity index (χ0) is 46.4. The van der Waals surface area contributed by atoms with Crippen LogP contribution in [0.3, 0.4) is 0 Å². The number of hydrogen-bond acceptors (Lipinski definition) is 11. The molecule has 1 atom stereocenters. The number of piperidine rings is 2. The van der Waals surface area contributed by atoms with Crippen LogP contribution in [0, 0.1) is 0 Å². The number of alkyl halides is 2. The van der Waals surface area contributed by atoms with Crippen molar-refractivity contribution in [3.05, 3.63) is 93.6 Å². The Morgan fingerprint density at radius 1 is 0.836 bits per heavy atom. The topological polar surface area (TPSA) is 175 Å². The molecule has 17 nitrogen and oxygen atoms in total. The maximum Gasteiger partial charge on any atom is 0.264 e. The summed E-state index contributed by atoms with van der Waals surface area (Å²) >= 11 is 0. The number of halogens is 2. The first kappa shape index (κ1) is 42.6. The Hall–Kier alpha value is -7.02. The second kappa shape index (κ2) is 16.4. The number of ether oxygens (including phenoxy) is 1. The highest BCUT2D eigenvalue weighted by Gasteiger charge is 2.46. The summed E-state index contributed by atoms with van der Waals surface area (Å²) < 4.78 is 39.9. The van der Waals surface area contributed by atoms with Gasteiger partial charge in [0.1, 0.15) is 17.4 Å². The first-order chi connectivity index (χ1) is 32.3. The van der Waals surface area contributed by atoms with Gasteiger partial charge in [0.15, 0.2) is 5.82 Å². The molecule has 346 valence electrons. The number of fused-ring (bicyclic) bond motifs is 5. The summed E-state index contributed by atoms with van der Waals surface area (Å²) in [6.07, 6.45) is 5.84. The van der Waals surface area contributed by atoms with E-state index in [2.05, 4.69) is 15.0 Å². The largest absolute Gasteiger partial charge is 0.495 e. The van der Waals surface area contributed by atoms with Crippen LogP contribution in [0.1, 0.15) is 106 Å². The second-order valence-corrected chi connectivity index (χ2v) is 18.3. The van der Waals surface area contributed by atoms with E-state index in [1.807, 2.05) is 20.8 Å². The van der Waals surface area contributed by atoms with Gasteiger partial charge < -0.3 is 23.8 Å². The standard InChI is InChI=1S/C48H48F2N10O7/c1-26(61)56-14-9-37-36(23-56)45(58-11-3-4-27-16-31(33(44(49)50)19-39(27)58)32-20-41-51-10-15-57(41)24-40(32)67-2)53-60(37)30-7-12-55(13-8-30)43(63)25-54-21-28-17-34-35(18-29(28)22-54)48(66)59(47(34)65)38-5-6-42(62)52-46(38)64/h10,15-20,24,30,38,44H,3-9,11-14,21-23,25H2,1-2H3,(H,52,62,64). The SMILES string of the molecule is COc1cn2ccnc2cc1-c1cc2c(cc1C(F)F)N(c1nn(C3CCN(C(=O)CN4Cc5cc6c(cc5C4)C(=O)N(C4CCC(=O)NC4=O)C6=O)CC3)c3c1CN(C(C)=O)CC3)CCC2. The number of carbonyl (C=O) groups is 6. The van der Waals surface area contributed by atoms with Gasteiger partial charge in [-0.05, 0) is 84.7 Å². The molecule has 0 radical (unpaired) electrons. The number of hydrogen-bond donors (Lipinski definition) is 1. The third kappa shape index (κ3) is 7.21. The molecule has 6 aliphatic rings. The number of methoxy groups -OCH3 is 1. The smallest absolute Gasteiger partial charge is 0.264 e. The summed E-state index contributed by atoms with van der Waals surface area (Å²) in [5, 5.41) is 7.50. The number of aromatic nitrogens is 4. The number of pyridine rings is 1. The van der Waals surface area contributed by atoms with Gasteiger partial charge in [0.25, 0.3) is 18.2 Å². The minimum Gasteiger partial charge on any atom is -0.495 e. The van der Waals surface area contributed by atoms with Crippen LogP contribution in [0.4, 0.5) is 20.3 Å². The van der Waals surface area contributed by atoms with Gasteiger partial charge >= 0.3 is 0 Å². The maximum absolute atomic E-state index is 15.2. The van der Waals surface area contributed by atoms with Crippen LogP contribution in [0.15, 0.2) is 48.9 Å². The number of aryl methyl sites for hydroxylation is 1. The van der Waals surface area contributed by atoms with Gasteiger partial charge in [0, 0.05) is 99.5 Å². The molecule has 2 fully saturated rings. The van der Waals surface area contributed by atoms with Gasteiger partial charge in [-0.25, -0.2) is 13.8 Å². The number of nitrogens with one attached hydrogen (secondary N) is 1. The van der Waals surface area contributed by atoms with Crippen LogP contribution in [0.25, 0.3) is 16.8 Å². The third-order valence-electron chi connectivity index (χ3n) is 14.4. The van der Waals surface area contributed by atoms with E-state index in [0.29, 0.717) is 106 Å². The lowest BCUT2D eigenvalue weighted by molar-refractivity contribution is -0.136. The number of imide groups is 2. The number of benzene rings is 2. The van der Waals surface area contributed by atoms with Gasteiger partial charge in [-0.2, -0.15) is 5.10 Å². The number of amides is 6. The summed E-state index contributed by atoms with van der Waals surface area (Å²) in [5.74, 6) is -1.17. The van der Waals surface area contributed by atoms with Crippen LogP contribution in [-0.2, 0) is 51.7 Å². The molecule has 0 spiro atoms. The highest BCUT2D eigenvalue weighted by molar-refractivity contribution is 6.23. The van der Waals surface area contributed by atoms with Crippen molar-refractivity contribution >= 4 is 52.6 Å². The highest BCUT2D eigenvalue weighted by Crippen LogP contribution is 2.46. The highest BCUT2D eigenvalue weighted by atomic mass is 19.3. The quantitative estimate of drug-likeness (QED) is 0.214. The Morgan fingerprint density at radius 2 is 1.57 bits per heavy atom. The number of rotatable bonds is 8. The fourth-order valence-electron chi connectivity index (χ4n) is 11.0. The summed E-state index contributed by atoms with van der Waals surface area (Å²) in [6, 6.07) is 7.53. The molecule has 0 aliphatic carbocycles. The molecule has 9 heterocycles. The number of anilines is 2. The Morgan fingerprint density at radius 3 is 2.25 bits per heavy atom. The van der Waals surface area contributed by atoms with Crippen LogP contribution in [0.2, 0.25) is 0 Å². The third-order valence-corrected chi connectivity index (χ3v) is 14.4. The summed E-state index contributed by atoms with van der Waals surface area (Å²) in [4.78, 5) is 90.7. The fourth-order valence-corrected chi connectivity index (χ4v) is 11.0. The Labute approximate surface area is 383 Å². The molecule has 5 aromatic rings. The van der Waals surface area contributed by atoms with E-state index in [1.54, 1.807) is 59.1 Å². The van der Waals surface area contributed by atoms with E-state index in [0.717, 1.165) is 39.3 Å². The van der Waals surface area contributed by atoms with Crippen molar-refractivity contribution in [2.24, 2.45) is 0 Å². The normalized spacial score (nSPS) is 19.9. The molecule has 0 bridgehead atoms. The van der Waals surface area contributed by atoms with Gasteiger partial charge in [-0.15, -0.1) is 0 Å². The van der Waals surface area contributed by atoms with Gasteiger partial charge in [0.2, 0.25) is 23.6 Å². The molecule has 2 saturated heterocycles. The first-order valence-electron chi connectivity index (χ1n) is 22.8. The predicted molar refractivity (Wildman–Crippen MR) is 237 cm³/mol. The molecule has 1 unspecified atom stereocenters. The molecular weight excluding hydrogens is 867 g/mol. The lowest BCUT2D eigenvalue weighted by atomic mass is 9.91. The lowest BCUT2D eigenvalue weighted by Crippen LogP contribution is -2.54. The van der Waals surface area contributed by atoms with Gasteiger partial charge in [-0.3, -0.25) is 48.6 Å². The minimum atomic E-state index is -2.78. The van der Waals surface area contributed by atoms with Crippen molar-refractivity contribution in [1.29, 1.82) is 0 Å². The fraction of sp³-hybridized carbons (Fsp3) is 0.417. The van der Waals surface area contributed by atoms with E-state index >= 15 is 8.78 Å². The predicted octanol–water partition coefficient (Wildman–Crippen LogP) is 4.71. The van der Waals surface area contributed by atoms with Gasteiger partial charge in [0.05, 0.1) is 43.6 Å². The number of likely N-dealkylation sites (tertiary alicyclic amines) is 1. The van der Waals surface area contributed by atoms with Crippen molar-refractivity contribution in [1.82, 2.24) is 44.1 Å².